The molecule has 1 saturated heterocycles. The van der Waals surface area contributed by atoms with Gasteiger partial charge in [0.2, 0.25) is 0 Å². The van der Waals surface area contributed by atoms with Crippen LogP contribution < -0.4 is 5.32 Å². The molecule has 1 saturated carbocycles. The Bertz CT molecular complexity index is 154. The molecule has 2 heteroatoms. The molecule has 0 radical (unpaired) electrons. The molecule has 1 aliphatic heterocycles. The summed E-state index contributed by atoms with van der Waals surface area (Å²) in [6, 6.07) is 1.68. The summed E-state index contributed by atoms with van der Waals surface area (Å²) in [7, 11) is 2.27. The summed E-state index contributed by atoms with van der Waals surface area (Å²) in [4.78, 5) is 2.53. The van der Waals surface area contributed by atoms with Gasteiger partial charge in [-0.25, -0.2) is 0 Å². The molecule has 12 heavy (non-hydrogen) atoms. The first-order chi connectivity index (χ1) is 5.77. The lowest BCUT2D eigenvalue weighted by Gasteiger charge is -2.23. The van der Waals surface area contributed by atoms with E-state index < -0.39 is 0 Å². The second-order valence-corrected chi connectivity index (χ2v) is 4.50. The number of nitrogens with one attached hydrogen (secondary N) is 1. The molecule has 1 aliphatic carbocycles. The lowest BCUT2D eigenvalue weighted by atomic mass is 10.0. The van der Waals surface area contributed by atoms with Gasteiger partial charge in [0.1, 0.15) is 0 Å². The van der Waals surface area contributed by atoms with Crippen molar-refractivity contribution in [3.05, 3.63) is 0 Å². The van der Waals surface area contributed by atoms with Gasteiger partial charge >= 0.3 is 0 Å². The van der Waals surface area contributed by atoms with E-state index in [4.69, 9.17) is 0 Å². The maximum atomic E-state index is 3.58. The van der Waals surface area contributed by atoms with Crippen LogP contribution in [0.4, 0.5) is 0 Å². The molecule has 0 aromatic heterocycles. The Morgan fingerprint density at radius 2 is 2.08 bits per heavy atom. The van der Waals surface area contributed by atoms with Gasteiger partial charge in [-0.15, -0.1) is 0 Å². The predicted molar refractivity (Wildman–Crippen MR) is 51.2 cm³/mol. The summed E-state index contributed by atoms with van der Waals surface area (Å²) in [5.41, 5.74) is 0. The molecule has 70 valence electrons. The third kappa shape index (κ3) is 1.80. The Labute approximate surface area is 75.3 Å². The highest BCUT2D eigenvalue weighted by Crippen LogP contribution is 2.26. The molecule has 2 aliphatic rings. The van der Waals surface area contributed by atoms with E-state index in [2.05, 4.69) is 24.2 Å². The molecule has 0 aromatic carbocycles. The summed E-state index contributed by atoms with van der Waals surface area (Å²) in [5, 5.41) is 3.58. The SMILES string of the molecule is CC1CCNC1CN(C)C1CC1. The number of nitrogens with zero attached hydrogens (tertiary/aromatic N) is 1. The highest BCUT2D eigenvalue weighted by atomic mass is 15.2. The van der Waals surface area contributed by atoms with Crippen LogP contribution in [0.25, 0.3) is 0 Å². The van der Waals surface area contributed by atoms with Gasteiger partial charge in [0.25, 0.3) is 0 Å². The van der Waals surface area contributed by atoms with Gasteiger partial charge in [-0.2, -0.15) is 0 Å². The zero-order chi connectivity index (χ0) is 8.55. The maximum absolute atomic E-state index is 3.58. The number of hydrogen-bond acceptors (Lipinski definition) is 2. The van der Waals surface area contributed by atoms with E-state index >= 15 is 0 Å². The third-order valence-corrected chi connectivity index (χ3v) is 3.35. The lowest BCUT2D eigenvalue weighted by Crippen LogP contribution is -2.39. The van der Waals surface area contributed by atoms with Crippen LogP contribution in [0.15, 0.2) is 0 Å². The van der Waals surface area contributed by atoms with Gasteiger partial charge < -0.3 is 10.2 Å². The van der Waals surface area contributed by atoms with Gasteiger partial charge in [0.15, 0.2) is 0 Å². The number of hydrogen-bond donors (Lipinski definition) is 1. The van der Waals surface area contributed by atoms with Crippen LogP contribution >= 0.6 is 0 Å². The van der Waals surface area contributed by atoms with Crippen molar-refractivity contribution in [1.29, 1.82) is 0 Å². The topological polar surface area (TPSA) is 15.3 Å². The lowest BCUT2D eigenvalue weighted by molar-refractivity contribution is 0.270. The normalized spacial score (nSPS) is 36.2. The van der Waals surface area contributed by atoms with E-state index in [1.165, 1.54) is 32.4 Å². The van der Waals surface area contributed by atoms with Crippen molar-refractivity contribution in [2.45, 2.75) is 38.3 Å². The summed E-state index contributed by atoms with van der Waals surface area (Å²) in [5.74, 6) is 0.881. The zero-order valence-corrected chi connectivity index (χ0v) is 8.21. The van der Waals surface area contributed by atoms with Crippen LogP contribution in [0.1, 0.15) is 26.2 Å². The summed E-state index contributed by atoms with van der Waals surface area (Å²) >= 11 is 0. The maximum Gasteiger partial charge on any atom is 0.0221 e. The number of rotatable bonds is 3. The first-order valence-corrected chi connectivity index (χ1v) is 5.21. The minimum absolute atomic E-state index is 0.760. The number of likely N-dealkylation sites (N-methyl/N-ethyl adjacent to an activating group) is 1. The molecule has 2 atom stereocenters. The smallest absolute Gasteiger partial charge is 0.0221 e. The fraction of sp³-hybridized carbons (Fsp3) is 1.00. The molecule has 1 heterocycles. The second-order valence-electron chi connectivity index (χ2n) is 4.50. The molecule has 0 amide bonds. The monoisotopic (exact) mass is 168 g/mol. The zero-order valence-electron chi connectivity index (χ0n) is 8.21. The van der Waals surface area contributed by atoms with E-state index in [0.717, 1.165) is 18.0 Å². The molecular weight excluding hydrogens is 148 g/mol. The van der Waals surface area contributed by atoms with Crippen LogP contribution in [0, 0.1) is 5.92 Å². The Hall–Kier alpha value is -0.0800. The third-order valence-electron chi connectivity index (χ3n) is 3.35. The van der Waals surface area contributed by atoms with Gasteiger partial charge in [0.05, 0.1) is 0 Å². The van der Waals surface area contributed by atoms with Gasteiger partial charge in [-0.3, -0.25) is 0 Å². The Balaban J connectivity index is 1.76. The van der Waals surface area contributed by atoms with Gasteiger partial charge in [0, 0.05) is 18.6 Å². The molecule has 0 aromatic rings. The average molecular weight is 168 g/mol. The van der Waals surface area contributed by atoms with Crippen molar-refractivity contribution >= 4 is 0 Å². The quantitative estimate of drug-likeness (QED) is 0.678. The summed E-state index contributed by atoms with van der Waals surface area (Å²) in [6.07, 6.45) is 4.22. The van der Waals surface area contributed by atoms with Crippen molar-refractivity contribution in [3.63, 3.8) is 0 Å². The van der Waals surface area contributed by atoms with Crippen LogP contribution in [-0.2, 0) is 0 Å². The summed E-state index contributed by atoms with van der Waals surface area (Å²) in [6.45, 7) is 4.85. The molecule has 0 bridgehead atoms. The molecule has 2 rings (SSSR count). The van der Waals surface area contributed by atoms with E-state index in [1.807, 2.05) is 0 Å². The molecule has 2 unspecified atom stereocenters. The Kier molecular flexibility index (Phi) is 2.37. The highest BCUT2D eigenvalue weighted by molar-refractivity contribution is 4.88. The van der Waals surface area contributed by atoms with Crippen LogP contribution in [0.3, 0.4) is 0 Å². The highest BCUT2D eigenvalue weighted by Gasteiger charge is 2.30. The molecule has 2 nitrogen and oxygen atoms in total. The molecule has 2 fully saturated rings. The molecular formula is C10H20N2. The fourth-order valence-electron chi connectivity index (χ4n) is 2.12. The van der Waals surface area contributed by atoms with Gasteiger partial charge in [-0.05, 0) is 38.8 Å². The largest absolute Gasteiger partial charge is 0.312 e. The minimum Gasteiger partial charge on any atom is -0.312 e. The van der Waals surface area contributed by atoms with Crippen molar-refractivity contribution in [3.8, 4) is 0 Å². The van der Waals surface area contributed by atoms with Crippen molar-refractivity contribution in [1.82, 2.24) is 10.2 Å². The minimum atomic E-state index is 0.760. The van der Waals surface area contributed by atoms with Crippen molar-refractivity contribution < 1.29 is 0 Å². The van der Waals surface area contributed by atoms with E-state index in [9.17, 15) is 0 Å². The van der Waals surface area contributed by atoms with E-state index in [1.54, 1.807) is 0 Å². The Morgan fingerprint density at radius 1 is 1.33 bits per heavy atom. The summed E-state index contributed by atoms with van der Waals surface area (Å²) < 4.78 is 0. The molecule has 0 spiro atoms. The fourth-order valence-corrected chi connectivity index (χ4v) is 2.12. The molecule has 1 N–H and O–H groups in total. The van der Waals surface area contributed by atoms with Crippen molar-refractivity contribution in [2.24, 2.45) is 5.92 Å². The van der Waals surface area contributed by atoms with Crippen LogP contribution in [0.5, 0.6) is 0 Å². The van der Waals surface area contributed by atoms with Crippen LogP contribution in [-0.4, -0.2) is 37.1 Å². The Morgan fingerprint density at radius 3 is 2.58 bits per heavy atom. The van der Waals surface area contributed by atoms with Gasteiger partial charge in [-0.1, -0.05) is 6.92 Å². The van der Waals surface area contributed by atoms with Crippen LogP contribution in [0.2, 0.25) is 0 Å². The predicted octanol–water partition coefficient (Wildman–Crippen LogP) is 1.08. The second kappa shape index (κ2) is 3.35. The average Bonchev–Trinajstić information content (AvgIpc) is 2.80. The van der Waals surface area contributed by atoms with E-state index in [0.29, 0.717) is 0 Å². The van der Waals surface area contributed by atoms with Crippen molar-refractivity contribution in [2.75, 3.05) is 20.1 Å². The van der Waals surface area contributed by atoms with E-state index in [-0.39, 0.29) is 0 Å². The first kappa shape index (κ1) is 8.52. The standard InChI is InChI=1S/C10H20N2/c1-8-5-6-11-10(8)7-12(2)9-3-4-9/h8-11H,3-7H2,1-2H3. The first-order valence-electron chi connectivity index (χ1n) is 5.21.